The average molecular weight is 465 g/mol. The number of allylic oxidation sites excluding steroid dienone is 2. The van der Waals surface area contributed by atoms with Gasteiger partial charge < -0.3 is 10.1 Å². The number of anilines is 2. The van der Waals surface area contributed by atoms with Gasteiger partial charge in [-0.1, -0.05) is 35.4 Å². The number of nitrogens with zero attached hydrogens (tertiary/aromatic N) is 1. The molecule has 1 saturated carbocycles. The van der Waals surface area contributed by atoms with E-state index in [4.69, 9.17) is 16.3 Å². The molecule has 2 aromatic carbocycles. The van der Waals surface area contributed by atoms with Gasteiger partial charge in [0.25, 0.3) is 5.91 Å². The molecule has 5 rings (SSSR count). The Balaban J connectivity index is 1.26. The third-order valence-electron chi connectivity index (χ3n) is 6.66. The van der Waals surface area contributed by atoms with Gasteiger partial charge in [0, 0.05) is 10.7 Å². The maximum Gasteiger partial charge on any atom is 0.338 e. The number of fused-ring (bicyclic) bond motifs is 5. The van der Waals surface area contributed by atoms with E-state index in [0.717, 1.165) is 6.42 Å². The van der Waals surface area contributed by atoms with E-state index in [0.29, 0.717) is 16.4 Å². The van der Waals surface area contributed by atoms with Crippen molar-refractivity contribution in [2.24, 2.45) is 23.7 Å². The molecule has 2 bridgehead atoms. The van der Waals surface area contributed by atoms with Crippen molar-refractivity contribution < 1.29 is 23.9 Å². The highest BCUT2D eigenvalue weighted by Crippen LogP contribution is 2.55. The lowest BCUT2D eigenvalue weighted by Crippen LogP contribution is -2.33. The van der Waals surface area contributed by atoms with Gasteiger partial charge in [0.15, 0.2) is 6.61 Å². The molecule has 1 N–H and O–H groups in total. The molecule has 7 nitrogen and oxygen atoms in total. The molecule has 3 amide bonds. The number of ether oxygens (including phenoxy) is 1. The second-order valence-corrected chi connectivity index (χ2v) is 9.10. The number of nitrogens with one attached hydrogen (secondary N) is 1. The molecule has 0 radical (unpaired) electrons. The van der Waals surface area contributed by atoms with Crippen LogP contribution < -0.4 is 10.2 Å². The van der Waals surface area contributed by atoms with E-state index in [9.17, 15) is 19.2 Å². The van der Waals surface area contributed by atoms with Crippen LogP contribution in [0.1, 0.15) is 23.7 Å². The van der Waals surface area contributed by atoms with E-state index < -0.39 is 18.5 Å². The summed E-state index contributed by atoms with van der Waals surface area (Å²) in [5.74, 6) is -2.09. The highest BCUT2D eigenvalue weighted by Gasteiger charge is 2.60. The lowest BCUT2D eigenvalue weighted by molar-refractivity contribution is -0.123. The van der Waals surface area contributed by atoms with E-state index in [2.05, 4.69) is 11.4 Å². The molecule has 1 saturated heterocycles. The van der Waals surface area contributed by atoms with E-state index in [-0.39, 0.29) is 41.0 Å². The summed E-state index contributed by atoms with van der Waals surface area (Å²) in [5, 5.41) is 3.06. The largest absolute Gasteiger partial charge is 0.452 e. The van der Waals surface area contributed by atoms with Crippen LogP contribution in [-0.2, 0) is 19.1 Å². The van der Waals surface area contributed by atoms with Crippen LogP contribution >= 0.6 is 11.6 Å². The Morgan fingerprint density at radius 1 is 1.09 bits per heavy atom. The number of imide groups is 1. The first kappa shape index (κ1) is 21.4. The van der Waals surface area contributed by atoms with Crippen molar-refractivity contribution in [2.75, 3.05) is 16.8 Å². The van der Waals surface area contributed by atoms with Crippen LogP contribution in [0, 0.1) is 23.7 Å². The van der Waals surface area contributed by atoms with E-state index >= 15 is 0 Å². The van der Waals surface area contributed by atoms with Crippen LogP contribution in [0.15, 0.2) is 60.2 Å². The Morgan fingerprint density at radius 2 is 1.85 bits per heavy atom. The number of halogens is 1. The summed E-state index contributed by atoms with van der Waals surface area (Å²) < 4.78 is 5.12. The molecular formula is C25H21ClN2O5. The molecule has 2 fully saturated rings. The van der Waals surface area contributed by atoms with Crippen molar-refractivity contribution >= 4 is 46.7 Å². The maximum atomic E-state index is 13.1. The molecule has 2 aromatic rings. The third-order valence-corrected chi connectivity index (χ3v) is 6.90. The van der Waals surface area contributed by atoms with Crippen molar-refractivity contribution in [3.05, 3.63) is 70.8 Å². The summed E-state index contributed by atoms with van der Waals surface area (Å²) in [4.78, 5) is 52.0. The summed E-state index contributed by atoms with van der Waals surface area (Å²) in [7, 11) is 0. The second kappa shape index (κ2) is 8.15. The number of amides is 3. The van der Waals surface area contributed by atoms with Gasteiger partial charge >= 0.3 is 5.97 Å². The summed E-state index contributed by atoms with van der Waals surface area (Å²) in [5.41, 5.74) is 2.16. The molecule has 4 atom stereocenters. The number of benzene rings is 2. The van der Waals surface area contributed by atoms with Crippen LogP contribution in [0.3, 0.4) is 0 Å². The number of carbonyl (C=O) groups is 4. The minimum absolute atomic E-state index is 0.104. The van der Waals surface area contributed by atoms with Crippen molar-refractivity contribution in [1.82, 2.24) is 0 Å². The molecule has 33 heavy (non-hydrogen) atoms. The van der Waals surface area contributed by atoms with Gasteiger partial charge in [0.1, 0.15) is 0 Å². The Hall–Kier alpha value is -3.45. The van der Waals surface area contributed by atoms with Gasteiger partial charge in [-0.3, -0.25) is 14.4 Å². The van der Waals surface area contributed by atoms with Crippen LogP contribution in [0.25, 0.3) is 0 Å². The minimum atomic E-state index is -0.727. The van der Waals surface area contributed by atoms with Crippen LogP contribution in [0.4, 0.5) is 11.4 Å². The van der Waals surface area contributed by atoms with Gasteiger partial charge in [-0.05, 0) is 61.6 Å². The second-order valence-electron chi connectivity index (χ2n) is 8.67. The molecular weight excluding hydrogens is 444 g/mol. The lowest BCUT2D eigenvalue weighted by Gasteiger charge is -2.19. The van der Waals surface area contributed by atoms with Crippen molar-refractivity contribution in [1.29, 1.82) is 0 Å². The summed E-state index contributed by atoms with van der Waals surface area (Å²) >= 11 is 5.89. The third kappa shape index (κ3) is 3.72. The zero-order chi connectivity index (χ0) is 23.3. The maximum absolute atomic E-state index is 13.1. The molecule has 1 aliphatic heterocycles. The van der Waals surface area contributed by atoms with Gasteiger partial charge in [-0.25, -0.2) is 9.69 Å². The highest BCUT2D eigenvalue weighted by atomic mass is 35.5. The molecule has 0 unspecified atom stereocenters. The molecule has 1 heterocycles. The van der Waals surface area contributed by atoms with Gasteiger partial charge in [0.2, 0.25) is 11.8 Å². The van der Waals surface area contributed by atoms with Gasteiger partial charge in [-0.2, -0.15) is 0 Å². The summed E-state index contributed by atoms with van der Waals surface area (Å²) in [6.07, 6.45) is 2.97. The predicted octanol–water partition coefficient (Wildman–Crippen LogP) is 3.84. The summed E-state index contributed by atoms with van der Waals surface area (Å²) in [6, 6.07) is 12.8. The quantitative estimate of drug-likeness (QED) is 0.412. The topological polar surface area (TPSA) is 92.8 Å². The Bertz CT molecular complexity index is 1220. The number of hydrogen-bond acceptors (Lipinski definition) is 5. The molecule has 0 spiro atoms. The molecule has 3 aliphatic rings. The van der Waals surface area contributed by atoms with Crippen LogP contribution in [-0.4, -0.2) is 30.3 Å². The van der Waals surface area contributed by atoms with Crippen LogP contribution in [0.2, 0.25) is 5.02 Å². The normalized spacial score (nSPS) is 25.2. The van der Waals surface area contributed by atoms with E-state index in [1.54, 1.807) is 36.4 Å². The zero-order valence-corrected chi connectivity index (χ0v) is 18.5. The first-order valence-electron chi connectivity index (χ1n) is 10.7. The number of carbonyl (C=O) groups excluding carboxylic acids is 4. The monoisotopic (exact) mass is 464 g/mol. The summed E-state index contributed by atoms with van der Waals surface area (Å²) in [6.45, 7) is 1.52. The first-order valence-corrected chi connectivity index (χ1v) is 11.1. The van der Waals surface area contributed by atoms with E-state index in [1.165, 1.54) is 22.6 Å². The Labute approximate surface area is 195 Å². The fourth-order valence-electron chi connectivity index (χ4n) is 5.28. The molecule has 0 aromatic heterocycles. The first-order chi connectivity index (χ1) is 15.8. The highest BCUT2D eigenvalue weighted by molar-refractivity contribution is 6.30. The number of rotatable bonds is 5. The number of esters is 1. The van der Waals surface area contributed by atoms with Crippen molar-refractivity contribution in [3.63, 3.8) is 0 Å². The standard InChI is InChI=1S/C25H21ClN2O5/c1-13-8-15-10-19(13)22-21(15)23(30)28(24(22)31)18-7-2-4-14(9-18)25(32)33-12-20(29)27-17-6-3-5-16(26)11-17/h2-9,11,15,19,21-22H,10,12H2,1H3,(H,27,29)/t15-,19+,21-,22-/m0/s1. The SMILES string of the molecule is CC1=C[C@H]2C[C@H]1[C@@H]1C(=O)N(c3cccc(C(=O)OCC(=O)Nc4cccc(Cl)c4)c3)C(=O)[C@H]12. The molecule has 2 aliphatic carbocycles. The van der Waals surface area contributed by atoms with Gasteiger partial charge in [0.05, 0.1) is 23.1 Å². The average Bonchev–Trinajstić information content (AvgIpc) is 3.42. The molecule has 168 valence electrons. The minimum Gasteiger partial charge on any atom is -0.452 e. The fraction of sp³-hybridized carbons (Fsp3) is 0.280. The van der Waals surface area contributed by atoms with Gasteiger partial charge in [-0.15, -0.1) is 0 Å². The number of hydrogen-bond donors (Lipinski definition) is 1. The smallest absolute Gasteiger partial charge is 0.338 e. The van der Waals surface area contributed by atoms with E-state index in [1.807, 2.05) is 6.92 Å². The Kier molecular flexibility index (Phi) is 5.29. The van der Waals surface area contributed by atoms with Crippen LogP contribution in [0.5, 0.6) is 0 Å². The van der Waals surface area contributed by atoms with Crippen molar-refractivity contribution in [2.45, 2.75) is 13.3 Å². The Morgan fingerprint density at radius 3 is 2.64 bits per heavy atom. The molecule has 8 heteroatoms. The lowest BCUT2D eigenvalue weighted by atomic mass is 9.82. The zero-order valence-electron chi connectivity index (χ0n) is 17.8. The van der Waals surface area contributed by atoms with Crippen molar-refractivity contribution in [3.8, 4) is 0 Å². The fourth-order valence-corrected chi connectivity index (χ4v) is 5.47. The predicted molar refractivity (Wildman–Crippen MR) is 122 cm³/mol.